The van der Waals surface area contributed by atoms with Gasteiger partial charge in [-0.25, -0.2) is 4.98 Å². The number of hydrogen-bond donors (Lipinski definition) is 1. The lowest BCUT2D eigenvalue weighted by atomic mass is 10.0. The zero-order valence-corrected chi connectivity index (χ0v) is 17.5. The highest BCUT2D eigenvalue weighted by atomic mass is 32.2. The van der Waals surface area contributed by atoms with Crippen LogP contribution in [-0.4, -0.2) is 50.4 Å². The average Bonchev–Trinajstić information content (AvgIpc) is 3.42. The maximum atomic E-state index is 12.8. The van der Waals surface area contributed by atoms with Gasteiger partial charge in [0.05, 0.1) is 11.3 Å². The number of pyridine rings is 1. The van der Waals surface area contributed by atoms with Crippen LogP contribution in [0, 0.1) is 0 Å². The lowest BCUT2D eigenvalue weighted by Crippen LogP contribution is -2.46. The van der Waals surface area contributed by atoms with Crippen molar-refractivity contribution in [3.63, 3.8) is 0 Å². The van der Waals surface area contributed by atoms with Crippen LogP contribution in [0.1, 0.15) is 39.5 Å². The van der Waals surface area contributed by atoms with Crippen LogP contribution in [0.3, 0.4) is 0 Å². The average molecular weight is 426 g/mol. The molecule has 8 nitrogen and oxygen atoms in total. The molecule has 0 aromatic carbocycles. The summed E-state index contributed by atoms with van der Waals surface area (Å²) in [6, 6.07) is 7.09. The molecular formula is C21H23N5O3S. The number of nitrogens with one attached hydrogen (secondary N) is 1. The second-order valence-corrected chi connectivity index (χ2v) is 8.10. The van der Waals surface area contributed by atoms with Crippen molar-refractivity contribution in [2.24, 2.45) is 7.05 Å². The van der Waals surface area contributed by atoms with E-state index in [0.717, 1.165) is 10.9 Å². The van der Waals surface area contributed by atoms with E-state index in [0.29, 0.717) is 43.0 Å². The van der Waals surface area contributed by atoms with Gasteiger partial charge in [0.15, 0.2) is 10.9 Å². The Hall–Kier alpha value is -3.07. The van der Waals surface area contributed by atoms with Crippen LogP contribution in [0.15, 0.2) is 58.6 Å². The van der Waals surface area contributed by atoms with Crippen molar-refractivity contribution >= 4 is 23.6 Å². The van der Waals surface area contributed by atoms with Gasteiger partial charge in [-0.2, -0.15) is 0 Å². The molecule has 1 saturated heterocycles. The number of aryl methyl sites for hydroxylation is 1. The number of hydrogen-bond acceptors (Lipinski definition) is 6. The molecule has 4 rings (SSSR count). The summed E-state index contributed by atoms with van der Waals surface area (Å²) in [5.74, 6) is 1.46. The van der Waals surface area contributed by atoms with Gasteiger partial charge in [-0.15, -0.1) is 0 Å². The first-order valence-electron chi connectivity index (χ1n) is 9.79. The molecule has 0 radical (unpaired) electrons. The number of nitrogens with zero attached hydrogens (tertiary/aromatic N) is 4. The van der Waals surface area contributed by atoms with E-state index in [1.165, 1.54) is 0 Å². The number of piperidine rings is 1. The lowest BCUT2D eigenvalue weighted by Gasteiger charge is -2.31. The van der Waals surface area contributed by atoms with Crippen LogP contribution in [0.25, 0.3) is 0 Å². The fourth-order valence-corrected chi connectivity index (χ4v) is 4.17. The van der Waals surface area contributed by atoms with Crippen LogP contribution >= 0.6 is 11.8 Å². The molecule has 9 heteroatoms. The molecule has 0 bridgehead atoms. The summed E-state index contributed by atoms with van der Waals surface area (Å²) < 4.78 is 7.70. The summed E-state index contributed by atoms with van der Waals surface area (Å²) in [4.78, 5) is 35.0. The lowest BCUT2D eigenvalue weighted by molar-refractivity contribution is 0.0666. The Morgan fingerprint density at radius 2 is 2.07 bits per heavy atom. The molecule has 0 unspecified atom stereocenters. The predicted molar refractivity (Wildman–Crippen MR) is 112 cm³/mol. The number of imidazole rings is 1. The van der Waals surface area contributed by atoms with E-state index in [9.17, 15) is 9.59 Å². The number of thioether (sulfide) groups is 1. The molecule has 1 aliphatic heterocycles. The van der Waals surface area contributed by atoms with Gasteiger partial charge in [-0.1, -0.05) is 11.8 Å². The maximum absolute atomic E-state index is 12.8. The number of amides is 2. The van der Waals surface area contributed by atoms with E-state index in [2.05, 4.69) is 15.3 Å². The van der Waals surface area contributed by atoms with Crippen molar-refractivity contribution in [3.8, 4) is 0 Å². The van der Waals surface area contributed by atoms with E-state index in [4.69, 9.17) is 4.42 Å². The van der Waals surface area contributed by atoms with Gasteiger partial charge in [0.2, 0.25) is 0 Å². The molecule has 0 aliphatic carbocycles. The van der Waals surface area contributed by atoms with Gasteiger partial charge in [-0.3, -0.25) is 14.6 Å². The van der Waals surface area contributed by atoms with Gasteiger partial charge in [-0.05, 0) is 37.1 Å². The first-order valence-corrected chi connectivity index (χ1v) is 10.8. The van der Waals surface area contributed by atoms with Gasteiger partial charge < -0.3 is 19.2 Å². The summed E-state index contributed by atoms with van der Waals surface area (Å²) in [6.45, 7) is 1.16. The maximum Gasteiger partial charge on any atom is 0.289 e. The molecule has 1 fully saturated rings. The molecule has 4 heterocycles. The number of furan rings is 1. The third-order valence-electron chi connectivity index (χ3n) is 5.03. The Balaban J connectivity index is 1.27. The van der Waals surface area contributed by atoms with E-state index < -0.39 is 0 Å². The van der Waals surface area contributed by atoms with Crippen molar-refractivity contribution in [2.75, 3.05) is 13.1 Å². The molecule has 0 spiro atoms. The van der Waals surface area contributed by atoms with Crippen molar-refractivity contribution in [1.29, 1.82) is 0 Å². The number of aromatic nitrogens is 3. The smallest absolute Gasteiger partial charge is 0.289 e. The Morgan fingerprint density at radius 1 is 1.23 bits per heavy atom. The molecule has 1 aliphatic rings. The predicted octanol–water partition coefficient (Wildman–Crippen LogP) is 2.74. The summed E-state index contributed by atoms with van der Waals surface area (Å²) in [6.07, 6.45) is 8.25. The van der Waals surface area contributed by atoms with Crippen LogP contribution in [0.4, 0.5) is 0 Å². The minimum absolute atomic E-state index is 0.0445. The monoisotopic (exact) mass is 425 g/mol. The molecule has 1 N–H and O–H groups in total. The molecule has 30 heavy (non-hydrogen) atoms. The quantitative estimate of drug-likeness (QED) is 0.611. The SMILES string of the molecule is Cn1ccnc1SCc1ccc(C(=O)N2CCC(NC(=O)c3cccnc3)CC2)o1. The summed E-state index contributed by atoms with van der Waals surface area (Å²) >= 11 is 1.56. The Morgan fingerprint density at radius 3 is 2.77 bits per heavy atom. The van der Waals surface area contributed by atoms with Gasteiger partial charge in [0.25, 0.3) is 11.8 Å². The van der Waals surface area contributed by atoms with Crippen molar-refractivity contribution in [1.82, 2.24) is 24.8 Å². The second-order valence-electron chi connectivity index (χ2n) is 7.16. The third kappa shape index (κ3) is 4.73. The highest BCUT2D eigenvalue weighted by molar-refractivity contribution is 7.98. The summed E-state index contributed by atoms with van der Waals surface area (Å²) in [5.41, 5.74) is 0.544. The van der Waals surface area contributed by atoms with Crippen LogP contribution in [0.2, 0.25) is 0 Å². The zero-order chi connectivity index (χ0) is 20.9. The molecule has 156 valence electrons. The molecule has 0 atom stereocenters. The standard InChI is InChI=1S/C21H23N5O3S/c1-25-12-9-23-21(25)30-14-17-4-5-18(29-17)20(28)26-10-6-16(7-11-26)24-19(27)15-3-2-8-22-13-15/h2-5,8-9,12-13,16H,6-7,10-11,14H2,1H3,(H,24,27). The Bertz CT molecular complexity index is 1010. The summed E-state index contributed by atoms with van der Waals surface area (Å²) in [7, 11) is 1.94. The largest absolute Gasteiger partial charge is 0.455 e. The van der Waals surface area contributed by atoms with Gasteiger partial charge in [0.1, 0.15) is 5.76 Å². The van der Waals surface area contributed by atoms with Crippen molar-refractivity contribution in [3.05, 3.63) is 66.1 Å². The molecule has 3 aromatic heterocycles. The van der Waals surface area contributed by atoms with Crippen molar-refractivity contribution in [2.45, 2.75) is 29.8 Å². The molecule has 3 aromatic rings. The summed E-state index contributed by atoms with van der Waals surface area (Å²) in [5, 5.41) is 3.92. The Kier molecular flexibility index (Phi) is 6.18. The number of rotatable bonds is 6. The van der Waals surface area contributed by atoms with E-state index >= 15 is 0 Å². The van der Waals surface area contributed by atoms with E-state index in [1.807, 2.05) is 23.9 Å². The van der Waals surface area contributed by atoms with Crippen molar-refractivity contribution < 1.29 is 14.0 Å². The number of likely N-dealkylation sites (tertiary alicyclic amines) is 1. The fraction of sp³-hybridized carbons (Fsp3) is 0.333. The van der Waals surface area contributed by atoms with Gasteiger partial charge >= 0.3 is 0 Å². The second kappa shape index (κ2) is 9.17. The Labute approximate surface area is 178 Å². The zero-order valence-electron chi connectivity index (χ0n) is 16.7. The minimum atomic E-state index is -0.131. The molecular weight excluding hydrogens is 402 g/mol. The highest BCUT2D eigenvalue weighted by Crippen LogP contribution is 2.23. The highest BCUT2D eigenvalue weighted by Gasteiger charge is 2.26. The third-order valence-corrected chi connectivity index (χ3v) is 6.11. The fourth-order valence-electron chi connectivity index (χ4n) is 3.35. The first kappa shape index (κ1) is 20.2. The minimum Gasteiger partial charge on any atom is -0.455 e. The molecule has 2 amide bonds. The number of carbonyl (C=O) groups excluding carboxylic acids is 2. The molecule has 0 saturated carbocycles. The normalized spacial score (nSPS) is 14.6. The van der Waals surface area contributed by atoms with E-state index in [1.54, 1.807) is 53.5 Å². The van der Waals surface area contributed by atoms with Crippen LogP contribution < -0.4 is 5.32 Å². The van der Waals surface area contributed by atoms with E-state index in [-0.39, 0.29) is 17.9 Å². The van der Waals surface area contributed by atoms with Crippen LogP contribution in [0.5, 0.6) is 0 Å². The van der Waals surface area contributed by atoms with Gasteiger partial charge in [0, 0.05) is 51.0 Å². The van der Waals surface area contributed by atoms with Crippen LogP contribution in [-0.2, 0) is 12.8 Å². The number of carbonyl (C=O) groups is 2. The first-order chi connectivity index (χ1) is 14.6. The topological polar surface area (TPSA) is 93.3 Å².